The first kappa shape index (κ1) is 17.5. The number of hydrogen-bond acceptors (Lipinski definition) is 3. The van der Waals surface area contributed by atoms with Crippen LogP contribution in [0.15, 0.2) is 18.2 Å². The van der Waals surface area contributed by atoms with E-state index in [9.17, 15) is 9.59 Å². The van der Waals surface area contributed by atoms with Gasteiger partial charge in [-0.15, -0.1) is 0 Å². The molecule has 0 bridgehead atoms. The van der Waals surface area contributed by atoms with Crippen LogP contribution in [0, 0.1) is 18.8 Å². The number of nitrogens with one attached hydrogen (secondary N) is 3. The number of carbonyl (C=O) groups excluding carboxylic acids is 2. The van der Waals surface area contributed by atoms with E-state index in [0.717, 1.165) is 42.9 Å². The van der Waals surface area contributed by atoms with Gasteiger partial charge in [0.15, 0.2) is 0 Å². The van der Waals surface area contributed by atoms with Crippen molar-refractivity contribution in [3.63, 3.8) is 0 Å². The van der Waals surface area contributed by atoms with Crippen LogP contribution in [0.25, 0.3) is 0 Å². The van der Waals surface area contributed by atoms with E-state index < -0.39 is 0 Å². The third kappa shape index (κ3) is 5.06. The molecule has 1 aliphatic rings. The van der Waals surface area contributed by atoms with Crippen molar-refractivity contribution in [1.29, 1.82) is 0 Å². The Morgan fingerprint density at radius 3 is 2.43 bits per heavy atom. The molecule has 0 aromatic heterocycles. The van der Waals surface area contributed by atoms with Crippen LogP contribution in [0.1, 0.15) is 38.7 Å². The summed E-state index contributed by atoms with van der Waals surface area (Å²) < 4.78 is 0. The summed E-state index contributed by atoms with van der Waals surface area (Å²) in [7, 11) is 0. The molecule has 0 saturated carbocycles. The number of benzene rings is 1. The van der Waals surface area contributed by atoms with Gasteiger partial charge in [-0.25, -0.2) is 0 Å². The van der Waals surface area contributed by atoms with Gasteiger partial charge in [-0.05, 0) is 62.4 Å². The SMILES string of the molecule is CC(=O)Nc1cccc(NC(=O)CC(C)C2CCNCC2)c1C. The van der Waals surface area contributed by atoms with Gasteiger partial charge in [-0.3, -0.25) is 9.59 Å². The van der Waals surface area contributed by atoms with E-state index in [1.807, 2.05) is 25.1 Å². The number of piperidine rings is 1. The van der Waals surface area contributed by atoms with Crippen LogP contribution < -0.4 is 16.0 Å². The Balaban J connectivity index is 1.95. The Hall–Kier alpha value is -1.88. The molecule has 0 aliphatic carbocycles. The number of amides is 2. The number of carbonyl (C=O) groups is 2. The molecule has 1 atom stereocenters. The van der Waals surface area contributed by atoms with E-state index >= 15 is 0 Å². The van der Waals surface area contributed by atoms with Crippen LogP contribution in [0.5, 0.6) is 0 Å². The molecule has 1 aromatic rings. The third-order valence-electron chi connectivity index (χ3n) is 4.61. The summed E-state index contributed by atoms with van der Waals surface area (Å²) in [5.41, 5.74) is 2.38. The summed E-state index contributed by atoms with van der Waals surface area (Å²) in [6, 6.07) is 5.54. The van der Waals surface area contributed by atoms with Gasteiger partial charge >= 0.3 is 0 Å². The lowest BCUT2D eigenvalue weighted by atomic mass is 9.84. The third-order valence-corrected chi connectivity index (χ3v) is 4.61. The Morgan fingerprint density at radius 1 is 1.22 bits per heavy atom. The molecule has 1 aromatic carbocycles. The zero-order valence-corrected chi connectivity index (χ0v) is 14.2. The molecule has 1 saturated heterocycles. The van der Waals surface area contributed by atoms with Gasteiger partial charge in [0.05, 0.1) is 0 Å². The number of anilines is 2. The second-order valence-electron chi connectivity index (χ2n) is 6.48. The van der Waals surface area contributed by atoms with Crippen molar-refractivity contribution in [3.05, 3.63) is 23.8 Å². The standard InChI is InChI=1S/C18H27N3O2/c1-12(15-7-9-19-10-8-15)11-18(23)21-17-6-4-5-16(13(17)2)20-14(3)22/h4-6,12,15,19H,7-11H2,1-3H3,(H,20,22)(H,21,23). The highest BCUT2D eigenvalue weighted by atomic mass is 16.2. The quantitative estimate of drug-likeness (QED) is 0.782. The molecule has 3 N–H and O–H groups in total. The average Bonchev–Trinajstić information content (AvgIpc) is 2.51. The van der Waals surface area contributed by atoms with Crippen LogP contribution in [0.4, 0.5) is 11.4 Å². The summed E-state index contributed by atoms with van der Waals surface area (Å²) in [6.45, 7) is 7.64. The molecule has 5 nitrogen and oxygen atoms in total. The second kappa shape index (κ2) is 8.11. The normalized spacial score (nSPS) is 16.7. The van der Waals surface area contributed by atoms with Crippen molar-refractivity contribution in [2.24, 2.45) is 11.8 Å². The van der Waals surface area contributed by atoms with E-state index in [0.29, 0.717) is 18.3 Å². The smallest absolute Gasteiger partial charge is 0.224 e. The molecule has 1 unspecified atom stereocenters. The molecule has 1 aliphatic heterocycles. The molecule has 0 radical (unpaired) electrons. The summed E-state index contributed by atoms with van der Waals surface area (Å²) >= 11 is 0. The van der Waals surface area contributed by atoms with Crippen LogP contribution in [-0.4, -0.2) is 24.9 Å². The average molecular weight is 317 g/mol. The lowest BCUT2D eigenvalue weighted by Crippen LogP contribution is -2.32. The molecular weight excluding hydrogens is 290 g/mol. The first-order valence-electron chi connectivity index (χ1n) is 8.35. The van der Waals surface area contributed by atoms with Gasteiger partial charge in [0, 0.05) is 24.7 Å². The van der Waals surface area contributed by atoms with E-state index in [1.54, 1.807) is 0 Å². The van der Waals surface area contributed by atoms with Gasteiger partial charge in [0.1, 0.15) is 0 Å². The monoisotopic (exact) mass is 317 g/mol. The van der Waals surface area contributed by atoms with E-state index in [2.05, 4.69) is 22.9 Å². The van der Waals surface area contributed by atoms with Gasteiger partial charge in [-0.1, -0.05) is 13.0 Å². The summed E-state index contributed by atoms with van der Waals surface area (Å²) in [6.07, 6.45) is 2.82. The highest BCUT2D eigenvalue weighted by Gasteiger charge is 2.22. The molecule has 0 spiro atoms. The second-order valence-corrected chi connectivity index (χ2v) is 6.48. The minimum atomic E-state index is -0.115. The minimum Gasteiger partial charge on any atom is -0.326 e. The Morgan fingerprint density at radius 2 is 1.83 bits per heavy atom. The Labute approximate surface area is 138 Å². The molecule has 2 amide bonds. The fraction of sp³-hybridized carbons (Fsp3) is 0.556. The van der Waals surface area contributed by atoms with Gasteiger partial charge in [0.2, 0.25) is 11.8 Å². The first-order chi connectivity index (χ1) is 11.0. The van der Waals surface area contributed by atoms with Crippen molar-refractivity contribution >= 4 is 23.2 Å². The van der Waals surface area contributed by atoms with Crippen molar-refractivity contribution in [2.75, 3.05) is 23.7 Å². The largest absolute Gasteiger partial charge is 0.326 e. The van der Waals surface area contributed by atoms with E-state index in [4.69, 9.17) is 0 Å². The molecule has 126 valence electrons. The topological polar surface area (TPSA) is 70.2 Å². The first-order valence-corrected chi connectivity index (χ1v) is 8.35. The molecular formula is C18H27N3O2. The highest BCUT2D eigenvalue weighted by molar-refractivity contribution is 5.95. The molecule has 1 fully saturated rings. The van der Waals surface area contributed by atoms with Crippen molar-refractivity contribution in [1.82, 2.24) is 5.32 Å². The van der Waals surface area contributed by atoms with Crippen molar-refractivity contribution in [3.8, 4) is 0 Å². The maximum absolute atomic E-state index is 12.3. The van der Waals surface area contributed by atoms with Crippen LogP contribution >= 0.6 is 0 Å². The van der Waals surface area contributed by atoms with Gasteiger partial charge in [-0.2, -0.15) is 0 Å². The lowest BCUT2D eigenvalue weighted by molar-refractivity contribution is -0.117. The maximum Gasteiger partial charge on any atom is 0.224 e. The lowest BCUT2D eigenvalue weighted by Gasteiger charge is -2.28. The zero-order valence-electron chi connectivity index (χ0n) is 14.2. The van der Waals surface area contributed by atoms with Crippen molar-refractivity contribution < 1.29 is 9.59 Å². The molecule has 23 heavy (non-hydrogen) atoms. The fourth-order valence-corrected chi connectivity index (χ4v) is 3.17. The highest BCUT2D eigenvalue weighted by Crippen LogP contribution is 2.26. The predicted octanol–water partition coefficient (Wildman–Crippen LogP) is 2.92. The fourth-order valence-electron chi connectivity index (χ4n) is 3.17. The number of rotatable bonds is 5. The predicted molar refractivity (Wildman–Crippen MR) is 93.5 cm³/mol. The zero-order chi connectivity index (χ0) is 16.8. The van der Waals surface area contributed by atoms with Crippen LogP contribution in [-0.2, 0) is 9.59 Å². The van der Waals surface area contributed by atoms with E-state index in [1.165, 1.54) is 6.92 Å². The summed E-state index contributed by atoms with van der Waals surface area (Å²) in [5, 5.41) is 9.13. The van der Waals surface area contributed by atoms with Crippen molar-refractivity contribution in [2.45, 2.75) is 40.0 Å². The van der Waals surface area contributed by atoms with Gasteiger partial charge < -0.3 is 16.0 Å². The Bertz CT molecular complexity index is 565. The number of hydrogen-bond donors (Lipinski definition) is 3. The van der Waals surface area contributed by atoms with Crippen LogP contribution in [0.3, 0.4) is 0 Å². The summed E-state index contributed by atoms with van der Waals surface area (Å²) in [5.74, 6) is 0.931. The summed E-state index contributed by atoms with van der Waals surface area (Å²) in [4.78, 5) is 23.6. The van der Waals surface area contributed by atoms with E-state index in [-0.39, 0.29) is 11.8 Å². The Kier molecular flexibility index (Phi) is 6.16. The van der Waals surface area contributed by atoms with Gasteiger partial charge in [0.25, 0.3) is 0 Å². The molecule has 5 heteroatoms. The maximum atomic E-state index is 12.3. The minimum absolute atomic E-state index is 0.0408. The molecule has 2 rings (SSSR count). The van der Waals surface area contributed by atoms with Crippen LogP contribution in [0.2, 0.25) is 0 Å². The molecule has 1 heterocycles.